The van der Waals surface area contributed by atoms with Crippen molar-refractivity contribution in [2.24, 2.45) is 0 Å². The number of anilines is 1. The number of nitrogens with zero attached hydrogens (tertiary/aromatic N) is 5. The number of aryl methyl sites for hydroxylation is 1. The molecule has 2 atom stereocenters. The molecule has 24 heavy (non-hydrogen) atoms. The monoisotopic (exact) mass is 391 g/mol. The van der Waals surface area contributed by atoms with Gasteiger partial charge in [0.25, 0.3) is 0 Å². The van der Waals surface area contributed by atoms with Gasteiger partial charge in [-0.05, 0) is 40.9 Å². The van der Waals surface area contributed by atoms with Crippen LogP contribution in [0.4, 0.5) is 10.2 Å². The molecule has 4 rings (SSSR count). The van der Waals surface area contributed by atoms with E-state index in [1.54, 1.807) is 0 Å². The first-order chi connectivity index (χ1) is 11.7. The number of hydrogen-bond acceptors (Lipinski definition) is 5. The molecule has 2 aliphatic heterocycles. The first kappa shape index (κ1) is 15.9. The van der Waals surface area contributed by atoms with Crippen molar-refractivity contribution < 1.29 is 4.39 Å². The Bertz CT molecular complexity index is 738. The summed E-state index contributed by atoms with van der Waals surface area (Å²) in [7, 11) is 0. The van der Waals surface area contributed by atoms with Crippen molar-refractivity contribution in [1.29, 1.82) is 0 Å². The van der Waals surface area contributed by atoms with Crippen LogP contribution in [0.25, 0.3) is 0 Å². The van der Waals surface area contributed by atoms with Crippen molar-refractivity contribution in [3.05, 3.63) is 46.3 Å². The molecule has 0 amide bonds. The van der Waals surface area contributed by atoms with Crippen molar-refractivity contribution in [3.63, 3.8) is 0 Å². The van der Waals surface area contributed by atoms with E-state index in [9.17, 15) is 4.39 Å². The summed E-state index contributed by atoms with van der Waals surface area (Å²) in [5, 5.41) is 0. The van der Waals surface area contributed by atoms with E-state index in [1.807, 2.05) is 25.3 Å². The maximum atomic E-state index is 14.5. The summed E-state index contributed by atoms with van der Waals surface area (Å²) in [6.45, 7) is 4.50. The zero-order chi connectivity index (χ0) is 16.7. The van der Waals surface area contributed by atoms with E-state index in [-0.39, 0.29) is 5.82 Å². The van der Waals surface area contributed by atoms with Gasteiger partial charge in [-0.25, -0.2) is 14.4 Å². The smallest absolute Gasteiger partial charge is 0.187 e. The number of rotatable bonds is 4. The maximum Gasteiger partial charge on any atom is 0.187 e. The Labute approximate surface area is 149 Å². The predicted octanol–water partition coefficient (Wildman–Crippen LogP) is 2.80. The van der Waals surface area contributed by atoms with Crippen LogP contribution in [0.5, 0.6) is 0 Å². The number of halogens is 2. The molecule has 2 aromatic rings. The second-order valence-corrected chi connectivity index (χ2v) is 7.32. The van der Waals surface area contributed by atoms with E-state index < -0.39 is 0 Å². The number of likely N-dealkylation sites (tertiary alicyclic amines) is 1. The van der Waals surface area contributed by atoms with Gasteiger partial charge in [0.05, 0.1) is 11.4 Å². The van der Waals surface area contributed by atoms with Gasteiger partial charge in [0.15, 0.2) is 11.6 Å². The molecule has 126 valence electrons. The minimum absolute atomic E-state index is 0.256. The normalized spacial score (nSPS) is 23.2. The largest absolute Gasteiger partial charge is 0.348 e. The van der Waals surface area contributed by atoms with Gasteiger partial charge in [0, 0.05) is 42.4 Å². The highest BCUT2D eigenvalue weighted by atomic mass is 79.9. The summed E-state index contributed by atoms with van der Waals surface area (Å²) in [5.74, 6) is 0.212. The van der Waals surface area contributed by atoms with Gasteiger partial charge >= 0.3 is 0 Å². The average molecular weight is 392 g/mol. The second kappa shape index (κ2) is 6.37. The van der Waals surface area contributed by atoms with E-state index in [0.29, 0.717) is 30.0 Å². The van der Waals surface area contributed by atoms with E-state index in [0.717, 1.165) is 36.2 Å². The van der Waals surface area contributed by atoms with Crippen LogP contribution in [-0.4, -0.2) is 45.0 Å². The molecule has 5 nitrogen and oxygen atoms in total. The highest BCUT2D eigenvalue weighted by Gasteiger charge is 2.44. The molecule has 0 aromatic carbocycles. The van der Waals surface area contributed by atoms with Crippen LogP contribution in [0.15, 0.2) is 29.1 Å². The van der Waals surface area contributed by atoms with Gasteiger partial charge in [-0.3, -0.25) is 9.88 Å². The zero-order valence-electron chi connectivity index (χ0n) is 13.5. The van der Waals surface area contributed by atoms with Crippen molar-refractivity contribution in [2.75, 3.05) is 18.0 Å². The lowest BCUT2D eigenvalue weighted by molar-refractivity contribution is 0.227. The molecule has 2 saturated heterocycles. The van der Waals surface area contributed by atoms with Gasteiger partial charge < -0.3 is 4.90 Å². The van der Waals surface area contributed by atoms with Crippen LogP contribution < -0.4 is 4.90 Å². The van der Waals surface area contributed by atoms with E-state index >= 15 is 0 Å². The molecule has 4 heterocycles. The molecule has 0 N–H and O–H groups in total. The third-order valence-corrected chi connectivity index (χ3v) is 5.43. The molecule has 0 spiro atoms. The molecule has 2 aliphatic rings. The number of pyridine rings is 1. The molecule has 2 aromatic heterocycles. The van der Waals surface area contributed by atoms with Crippen LogP contribution in [0.2, 0.25) is 0 Å². The van der Waals surface area contributed by atoms with E-state index in [4.69, 9.17) is 0 Å². The van der Waals surface area contributed by atoms with E-state index in [1.165, 1.54) is 6.33 Å². The highest BCUT2D eigenvalue weighted by molar-refractivity contribution is 9.10. The fraction of sp³-hybridized carbons (Fsp3) is 0.471. The lowest BCUT2D eigenvalue weighted by atomic mass is 10.2. The molecule has 0 saturated carbocycles. The van der Waals surface area contributed by atoms with Crippen LogP contribution in [0.3, 0.4) is 0 Å². The molecule has 0 aliphatic carbocycles. The topological polar surface area (TPSA) is 45.2 Å². The Morgan fingerprint density at radius 3 is 2.75 bits per heavy atom. The predicted molar refractivity (Wildman–Crippen MR) is 93.3 cm³/mol. The first-order valence-corrected chi connectivity index (χ1v) is 9.05. The summed E-state index contributed by atoms with van der Waals surface area (Å²) >= 11 is 3.41. The van der Waals surface area contributed by atoms with Gasteiger partial charge in [-0.15, -0.1) is 0 Å². The lowest BCUT2D eigenvalue weighted by Crippen LogP contribution is -2.46. The SMILES string of the molecule is CCc1ncnc(N2CC3CC2CN3Cc2ccc(Br)cn2)c1F. The van der Waals surface area contributed by atoms with Crippen LogP contribution in [-0.2, 0) is 13.0 Å². The van der Waals surface area contributed by atoms with Crippen LogP contribution in [0.1, 0.15) is 24.7 Å². The zero-order valence-corrected chi connectivity index (χ0v) is 15.1. The van der Waals surface area contributed by atoms with Crippen molar-refractivity contribution >= 4 is 21.7 Å². The third kappa shape index (κ3) is 2.80. The molecule has 2 unspecified atom stereocenters. The molecule has 0 radical (unpaired) electrons. The fourth-order valence-electron chi connectivity index (χ4n) is 3.75. The van der Waals surface area contributed by atoms with E-state index in [2.05, 4.69) is 40.7 Å². The standard InChI is InChI=1S/C17H19BrFN5/c1-2-15-16(19)17(22-10-21-15)24-9-13-5-14(24)8-23(13)7-12-4-3-11(18)6-20-12/h3-4,6,10,13-14H,2,5,7-9H2,1H3. The molecular weight excluding hydrogens is 373 g/mol. The Hall–Kier alpha value is -1.60. The molecule has 7 heteroatoms. The summed E-state index contributed by atoms with van der Waals surface area (Å²) in [4.78, 5) is 17.3. The van der Waals surface area contributed by atoms with Crippen LogP contribution >= 0.6 is 15.9 Å². The Morgan fingerprint density at radius 1 is 1.21 bits per heavy atom. The van der Waals surface area contributed by atoms with Gasteiger partial charge in [-0.1, -0.05) is 6.92 Å². The summed E-state index contributed by atoms with van der Waals surface area (Å²) < 4.78 is 15.5. The van der Waals surface area contributed by atoms with Crippen molar-refractivity contribution in [3.8, 4) is 0 Å². The Balaban J connectivity index is 1.47. The maximum absolute atomic E-state index is 14.5. The van der Waals surface area contributed by atoms with Gasteiger partial charge in [-0.2, -0.15) is 0 Å². The van der Waals surface area contributed by atoms with Crippen molar-refractivity contribution in [2.45, 2.75) is 38.4 Å². The minimum atomic E-state index is -0.256. The minimum Gasteiger partial charge on any atom is -0.348 e. The first-order valence-electron chi connectivity index (χ1n) is 8.26. The Morgan fingerprint density at radius 2 is 2.08 bits per heavy atom. The molecule has 2 fully saturated rings. The highest BCUT2D eigenvalue weighted by Crippen LogP contribution is 2.35. The average Bonchev–Trinajstić information content (AvgIpc) is 3.17. The van der Waals surface area contributed by atoms with Crippen molar-refractivity contribution in [1.82, 2.24) is 19.9 Å². The Kier molecular flexibility index (Phi) is 4.22. The molecular formula is C17H19BrFN5. The fourth-order valence-corrected chi connectivity index (χ4v) is 3.99. The van der Waals surface area contributed by atoms with Gasteiger partial charge in [0.1, 0.15) is 6.33 Å². The number of piperazine rings is 1. The molecule has 2 bridgehead atoms. The van der Waals surface area contributed by atoms with Gasteiger partial charge in [0.2, 0.25) is 0 Å². The summed E-state index contributed by atoms with van der Waals surface area (Å²) in [6.07, 6.45) is 4.96. The quantitative estimate of drug-likeness (QED) is 0.801. The lowest BCUT2D eigenvalue weighted by Gasteiger charge is -2.34. The number of hydrogen-bond donors (Lipinski definition) is 0. The summed E-state index contributed by atoms with van der Waals surface area (Å²) in [6, 6.07) is 4.82. The van der Waals surface area contributed by atoms with Crippen LogP contribution in [0, 0.1) is 5.82 Å². The second-order valence-electron chi connectivity index (χ2n) is 6.40. The number of fused-ring (bicyclic) bond motifs is 2. The third-order valence-electron chi connectivity index (χ3n) is 4.96. The number of aromatic nitrogens is 3. The summed E-state index contributed by atoms with van der Waals surface area (Å²) in [5.41, 5.74) is 1.57.